The summed E-state index contributed by atoms with van der Waals surface area (Å²) in [4.78, 5) is 28.3. The van der Waals surface area contributed by atoms with Gasteiger partial charge in [-0.25, -0.2) is 8.42 Å². The van der Waals surface area contributed by atoms with Crippen molar-refractivity contribution in [2.24, 2.45) is 0 Å². The maximum absolute atomic E-state index is 14.0. The van der Waals surface area contributed by atoms with Crippen LogP contribution < -0.4 is 9.62 Å². The number of benzene rings is 3. The largest absolute Gasteiger partial charge is 0.352 e. The molecule has 0 radical (unpaired) electrons. The topological polar surface area (TPSA) is 86.8 Å². The predicted octanol–water partition coefficient (Wildman–Crippen LogP) is 6.17. The fourth-order valence-corrected chi connectivity index (χ4v) is 6.05. The van der Waals surface area contributed by atoms with Crippen LogP contribution in [0.1, 0.15) is 32.8 Å². The van der Waals surface area contributed by atoms with Gasteiger partial charge < -0.3 is 10.2 Å². The first-order valence-corrected chi connectivity index (χ1v) is 14.9. The van der Waals surface area contributed by atoms with Gasteiger partial charge in [0.1, 0.15) is 12.6 Å². The van der Waals surface area contributed by atoms with E-state index in [1.807, 2.05) is 13.8 Å². The van der Waals surface area contributed by atoms with Gasteiger partial charge in [0.2, 0.25) is 11.8 Å². The fraction of sp³-hybridized carbons (Fsp3) is 0.286. The molecule has 2 atom stereocenters. The number of sulfonamides is 1. The Bertz CT molecular complexity index is 1400. The third-order valence-corrected chi connectivity index (χ3v) is 9.09. The summed E-state index contributed by atoms with van der Waals surface area (Å²) in [6.07, 6.45) is 0.693. The Morgan fingerprint density at radius 3 is 2.00 bits per heavy atom. The predicted molar refractivity (Wildman–Crippen MR) is 157 cm³/mol. The average Bonchev–Trinajstić information content (AvgIpc) is 2.92. The number of carbonyl (C=O) groups excluding carboxylic acids is 2. The Labute approximate surface area is 244 Å². The molecular weight excluding hydrogens is 581 g/mol. The molecule has 208 valence electrons. The number of anilines is 1. The number of rotatable bonds is 11. The molecule has 0 aromatic heterocycles. The number of nitrogens with one attached hydrogen (secondary N) is 1. The van der Waals surface area contributed by atoms with Crippen LogP contribution in [0, 0.1) is 0 Å². The standard InChI is InChI=1S/C28H30Cl3N3O4S/c1-4-19(2)32-28(36)20(3)33(17-22-23(29)14-10-15-24(22)30)27(35)18-34(26-16-9-8-13-25(26)31)39(37,38)21-11-6-5-7-12-21/h5-16,19-20H,4,17-18H2,1-3H3,(H,32,36)/t19-,20-/m0/s1. The lowest BCUT2D eigenvalue weighted by Gasteiger charge is -2.33. The van der Waals surface area contributed by atoms with Gasteiger partial charge in [0, 0.05) is 28.2 Å². The monoisotopic (exact) mass is 609 g/mol. The SMILES string of the molecule is CC[C@H](C)NC(=O)[C@H](C)N(Cc1c(Cl)cccc1Cl)C(=O)CN(c1ccccc1Cl)S(=O)(=O)c1ccccc1. The Kier molecular flexibility index (Phi) is 10.7. The molecule has 3 aromatic carbocycles. The number of amides is 2. The molecule has 0 heterocycles. The number of carbonyl (C=O) groups is 2. The van der Waals surface area contributed by atoms with E-state index < -0.39 is 34.4 Å². The summed E-state index contributed by atoms with van der Waals surface area (Å²) in [7, 11) is -4.21. The van der Waals surface area contributed by atoms with Crippen LogP contribution in [-0.2, 0) is 26.2 Å². The summed E-state index contributed by atoms with van der Waals surface area (Å²) in [6.45, 7) is 4.62. The molecule has 0 aliphatic carbocycles. The van der Waals surface area contributed by atoms with E-state index in [0.717, 1.165) is 4.31 Å². The van der Waals surface area contributed by atoms with E-state index in [2.05, 4.69) is 5.32 Å². The van der Waals surface area contributed by atoms with Crippen LogP contribution in [0.25, 0.3) is 0 Å². The lowest BCUT2D eigenvalue weighted by Crippen LogP contribution is -2.52. The van der Waals surface area contributed by atoms with Gasteiger partial charge in [-0.3, -0.25) is 13.9 Å². The van der Waals surface area contributed by atoms with Crippen molar-refractivity contribution in [3.63, 3.8) is 0 Å². The van der Waals surface area contributed by atoms with E-state index in [4.69, 9.17) is 34.8 Å². The third kappa shape index (κ3) is 7.45. The minimum Gasteiger partial charge on any atom is -0.352 e. The van der Waals surface area contributed by atoms with E-state index in [9.17, 15) is 18.0 Å². The molecule has 0 unspecified atom stereocenters. The molecule has 3 rings (SSSR count). The number of hydrogen-bond acceptors (Lipinski definition) is 4. The first kappa shape index (κ1) is 30.8. The highest BCUT2D eigenvalue weighted by atomic mass is 35.5. The molecular formula is C28H30Cl3N3O4S. The minimum absolute atomic E-state index is 0.0130. The van der Waals surface area contributed by atoms with Gasteiger partial charge in [-0.1, -0.05) is 78.1 Å². The van der Waals surface area contributed by atoms with Crippen LogP contribution in [0.5, 0.6) is 0 Å². The zero-order valence-electron chi connectivity index (χ0n) is 21.8. The second kappa shape index (κ2) is 13.5. The summed E-state index contributed by atoms with van der Waals surface area (Å²) >= 11 is 19.2. The van der Waals surface area contributed by atoms with Crippen LogP contribution in [0.4, 0.5) is 5.69 Å². The highest BCUT2D eigenvalue weighted by Crippen LogP contribution is 2.31. The van der Waals surface area contributed by atoms with Crippen molar-refractivity contribution in [2.45, 2.75) is 50.7 Å². The van der Waals surface area contributed by atoms with E-state index in [-0.39, 0.29) is 28.2 Å². The number of para-hydroxylation sites is 1. The number of halogens is 3. The van der Waals surface area contributed by atoms with Crippen molar-refractivity contribution in [2.75, 3.05) is 10.8 Å². The Morgan fingerprint density at radius 2 is 1.41 bits per heavy atom. The zero-order chi connectivity index (χ0) is 28.7. The molecule has 0 aliphatic heterocycles. The van der Waals surface area contributed by atoms with Crippen molar-refractivity contribution in [3.8, 4) is 0 Å². The molecule has 7 nitrogen and oxygen atoms in total. The highest BCUT2D eigenvalue weighted by Gasteiger charge is 2.34. The molecule has 0 fully saturated rings. The van der Waals surface area contributed by atoms with Crippen molar-refractivity contribution < 1.29 is 18.0 Å². The van der Waals surface area contributed by atoms with Gasteiger partial charge in [-0.05, 0) is 56.7 Å². The molecule has 11 heteroatoms. The molecule has 0 saturated heterocycles. The molecule has 2 amide bonds. The molecule has 3 aromatic rings. The van der Waals surface area contributed by atoms with Gasteiger partial charge in [0.15, 0.2) is 0 Å². The van der Waals surface area contributed by atoms with Gasteiger partial charge in [-0.2, -0.15) is 0 Å². The fourth-order valence-electron chi connectivity index (χ4n) is 3.79. The van der Waals surface area contributed by atoms with Crippen LogP contribution in [-0.4, -0.2) is 43.8 Å². The lowest BCUT2D eigenvalue weighted by molar-refractivity contribution is -0.139. The minimum atomic E-state index is -4.21. The number of hydrogen-bond donors (Lipinski definition) is 1. The van der Waals surface area contributed by atoms with Crippen molar-refractivity contribution in [1.29, 1.82) is 0 Å². The molecule has 0 spiro atoms. The Morgan fingerprint density at radius 1 is 0.846 bits per heavy atom. The van der Waals surface area contributed by atoms with Gasteiger partial charge >= 0.3 is 0 Å². The van der Waals surface area contributed by atoms with Crippen molar-refractivity contribution in [3.05, 3.63) is 93.4 Å². The first-order chi connectivity index (χ1) is 18.5. The van der Waals surface area contributed by atoms with E-state index in [1.165, 1.54) is 23.1 Å². The number of nitrogens with zero attached hydrogens (tertiary/aromatic N) is 2. The normalized spacial score (nSPS) is 12.9. The molecule has 0 saturated carbocycles. The highest BCUT2D eigenvalue weighted by molar-refractivity contribution is 7.92. The maximum atomic E-state index is 14.0. The van der Waals surface area contributed by atoms with Crippen molar-refractivity contribution in [1.82, 2.24) is 10.2 Å². The smallest absolute Gasteiger partial charge is 0.264 e. The summed E-state index contributed by atoms with van der Waals surface area (Å²) in [5, 5.41) is 3.65. The summed E-state index contributed by atoms with van der Waals surface area (Å²) in [6, 6.07) is 17.9. The zero-order valence-corrected chi connectivity index (χ0v) is 24.9. The molecule has 0 aliphatic rings. The third-order valence-electron chi connectivity index (χ3n) is 6.29. The quantitative estimate of drug-likeness (QED) is 0.281. The van der Waals surface area contributed by atoms with E-state index in [0.29, 0.717) is 22.0 Å². The second-order valence-electron chi connectivity index (χ2n) is 8.99. The van der Waals surface area contributed by atoms with Crippen molar-refractivity contribution >= 4 is 62.3 Å². The molecule has 39 heavy (non-hydrogen) atoms. The molecule has 1 N–H and O–H groups in total. The van der Waals surface area contributed by atoms with E-state index >= 15 is 0 Å². The summed E-state index contributed by atoms with van der Waals surface area (Å²) in [5.41, 5.74) is 0.566. The summed E-state index contributed by atoms with van der Waals surface area (Å²) < 4.78 is 28.5. The lowest BCUT2D eigenvalue weighted by atomic mass is 10.1. The van der Waals surface area contributed by atoms with E-state index in [1.54, 1.807) is 61.5 Å². The first-order valence-electron chi connectivity index (χ1n) is 12.3. The van der Waals surface area contributed by atoms with Crippen LogP contribution in [0.2, 0.25) is 15.1 Å². The van der Waals surface area contributed by atoms with Crippen LogP contribution in [0.15, 0.2) is 77.7 Å². The van der Waals surface area contributed by atoms with Crippen LogP contribution in [0.3, 0.4) is 0 Å². The van der Waals surface area contributed by atoms with Crippen LogP contribution >= 0.6 is 34.8 Å². The van der Waals surface area contributed by atoms with Gasteiger partial charge in [0.05, 0.1) is 15.6 Å². The summed E-state index contributed by atoms with van der Waals surface area (Å²) in [5.74, 6) is -1.03. The Hall–Kier alpha value is -2.78. The second-order valence-corrected chi connectivity index (χ2v) is 12.1. The maximum Gasteiger partial charge on any atom is 0.264 e. The Balaban J connectivity index is 2.07. The average molecular weight is 611 g/mol. The van der Waals surface area contributed by atoms with Gasteiger partial charge in [-0.15, -0.1) is 0 Å². The van der Waals surface area contributed by atoms with Gasteiger partial charge in [0.25, 0.3) is 10.0 Å². The molecule has 0 bridgehead atoms.